The van der Waals surface area contributed by atoms with Gasteiger partial charge in [0.25, 0.3) is 0 Å². The van der Waals surface area contributed by atoms with E-state index in [0.717, 1.165) is 19.3 Å². The number of aliphatic hydroxyl groups is 1. The minimum atomic E-state index is -0.782. The third-order valence-corrected chi connectivity index (χ3v) is 5.25. The van der Waals surface area contributed by atoms with Crippen LogP contribution in [0.1, 0.15) is 67.2 Å². The van der Waals surface area contributed by atoms with Crippen LogP contribution in [0.15, 0.2) is 37.0 Å². The average Bonchev–Trinajstić information content (AvgIpc) is 2.40. The molecule has 3 heteroatoms. The molecule has 0 aromatic heterocycles. The highest BCUT2D eigenvalue weighted by molar-refractivity contribution is 7.18. The minimum Gasteiger partial charge on any atom is -0.386 e. The molecule has 4 atom stereocenters. The predicted octanol–water partition coefficient (Wildman–Crippen LogP) is 5.44. The second-order valence-corrected chi connectivity index (χ2v) is 9.73. The lowest BCUT2D eigenvalue weighted by molar-refractivity contribution is 0.149. The molecule has 0 aromatic rings. The van der Waals surface area contributed by atoms with Gasteiger partial charge in [0, 0.05) is 5.54 Å². The van der Waals surface area contributed by atoms with E-state index in [9.17, 15) is 5.11 Å². The highest BCUT2D eigenvalue weighted by Crippen LogP contribution is 2.41. The summed E-state index contributed by atoms with van der Waals surface area (Å²) >= 11 is 0. The molecule has 0 amide bonds. The van der Waals surface area contributed by atoms with E-state index in [4.69, 9.17) is 5.73 Å². The third kappa shape index (κ3) is 8.60. The summed E-state index contributed by atoms with van der Waals surface area (Å²) in [6.45, 7) is 16.8. The van der Waals surface area contributed by atoms with Crippen molar-refractivity contribution >= 4 is 9.24 Å². The van der Waals surface area contributed by atoms with Gasteiger partial charge >= 0.3 is 0 Å². The first kappa shape index (κ1) is 23.6. The molecule has 0 aromatic carbocycles. The van der Waals surface area contributed by atoms with Gasteiger partial charge in [0.05, 0.1) is 5.34 Å². The van der Waals surface area contributed by atoms with Crippen LogP contribution in [0.4, 0.5) is 0 Å². The number of rotatable bonds is 11. The van der Waals surface area contributed by atoms with Crippen molar-refractivity contribution in [2.45, 2.75) is 78.1 Å². The van der Waals surface area contributed by atoms with Crippen LogP contribution in [0.2, 0.25) is 0 Å². The van der Waals surface area contributed by atoms with Crippen LogP contribution in [0.25, 0.3) is 0 Å². The molecular weight excluding hydrogens is 313 g/mol. The molecule has 140 valence electrons. The summed E-state index contributed by atoms with van der Waals surface area (Å²) in [5.41, 5.74) is 6.04. The maximum absolute atomic E-state index is 9.83. The Bertz CT molecular complexity index is 428. The summed E-state index contributed by atoms with van der Waals surface area (Å²) in [4.78, 5) is 0. The molecule has 0 heterocycles. The quantitative estimate of drug-likeness (QED) is 0.383. The largest absolute Gasteiger partial charge is 0.386 e. The summed E-state index contributed by atoms with van der Waals surface area (Å²) in [6.07, 6.45) is 14.4. The number of allylic oxidation sites excluding steroid dienone is 3. The zero-order valence-corrected chi connectivity index (χ0v) is 17.8. The van der Waals surface area contributed by atoms with E-state index in [1.165, 1.54) is 0 Å². The van der Waals surface area contributed by atoms with Gasteiger partial charge in [-0.05, 0) is 56.8 Å². The minimum absolute atomic E-state index is 0.121. The predicted molar refractivity (Wildman–Crippen MR) is 112 cm³/mol. The van der Waals surface area contributed by atoms with Crippen LogP contribution in [-0.2, 0) is 0 Å². The maximum atomic E-state index is 9.83. The Balaban J connectivity index is 4.87. The van der Waals surface area contributed by atoms with Crippen LogP contribution in [0, 0.1) is 17.3 Å². The van der Waals surface area contributed by atoms with Crippen LogP contribution in [0.3, 0.4) is 0 Å². The lowest BCUT2D eigenvalue weighted by Gasteiger charge is -2.44. The topological polar surface area (TPSA) is 46.2 Å². The van der Waals surface area contributed by atoms with Gasteiger partial charge < -0.3 is 10.8 Å². The van der Waals surface area contributed by atoms with Gasteiger partial charge in [-0.2, -0.15) is 0 Å². The number of nitrogens with two attached hydrogens (primary N) is 1. The Kier molecular flexibility index (Phi) is 9.72. The fourth-order valence-corrected chi connectivity index (χ4v) is 2.83. The number of hydrogen-bond donors (Lipinski definition) is 2. The van der Waals surface area contributed by atoms with Crippen molar-refractivity contribution in [3.05, 3.63) is 37.0 Å². The summed E-state index contributed by atoms with van der Waals surface area (Å²) in [7, 11) is 2.45. The Morgan fingerprint density at radius 2 is 1.71 bits per heavy atom. The molecule has 0 aliphatic carbocycles. The number of hydrogen-bond acceptors (Lipinski definition) is 2. The Hall–Kier alpha value is -0.430. The zero-order valence-electron chi connectivity index (χ0n) is 16.7. The molecule has 24 heavy (non-hydrogen) atoms. The van der Waals surface area contributed by atoms with Crippen LogP contribution < -0.4 is 5.73 Å². The molecule has 0 fully saturated rings. The average molecular weight is 354 g/mol. The molecular formula is C21H40NOP. The second kappa shape index (κ2) is 9.90. The molecule has 2 nitrogen and oxygen atoms in total. The van der Waals surface area contributed by atoms with Crippen molar-refractivity contribution in [1.29, 1.82) is 0 Å². The van der Waals surface area contributed by atoms with Crippen molar-refractivity contribution in [3.8, 4) is 0 Å². The van der Waals surface area contributed by atoms with E-state index >= 15 is 0 Å². The van der Waals surface area contributed by atoms with E-state index in [1.807, 2.05) is 18.2 Å². The van der Waals surface area contributed by atoms with Crippen molar-refractivity contribution < 1.29 is 5.11 Å². The molecule has 0 saturated carbocycles. The van der Waals surface area contributed by atoms with Gasteiger partial charge in [-0.3, -0.25) is 0 Å². The molecule has 4 unspecified atom stereocenters. The molecule has 0 saturated heterocycles. The lowest BCUT2D eigenvalue weighted by Crippen LogP contribution is -2.52. The lowest BCUT2D eigenvalue weighted by atomic mass is 9.64. The fraction of sp³-hybridized carbons (Fsp3) is 0.714. The van der Waals surface area contributed by atoms with Gasteiger partial charge in [-0.15, -0.1) is 15.8 Å². The normalized spacial score (nSPS) is 19.6. The van der Waals surface area contributed by atoms with Gasteiger partial charge in [0.1, 0.15) is 0 Å². The molecule has 3 N–H and O–H groups in total. The first-order valence-corrected chi connectivity index (χ1v) is 9.66. The smallest absolute Gasteiger partial charge is 0.0784 e. The second-order valence-electron chi connectivity index (χ2n) is 8.49. The van der Waals surface area contributed by atoms with Crippen LogP contribution in [-0.4, -0.2) is 16.0 Å². The molecule has 0 rings (SSSR count). The van der Waals surface area contributed by atoms with Crippen molar-refractivity contribution in [2.75, 3.05) is 0 Å². The van der Waals surface area contributed by atoms with E-state index in [0.29, 0.717) is 18.3 Å². The first-order valence-electron chi connectivity index (χ1n) is 9.09. The van der Waals surface area contributed by atoms with Crippen molar-refractivity contribution in [1.82, 2.24) is 0 Å². The van der Waals surface area contributed by atoms with Gasteiger partial charge in [0.2, 0.25) is 0 Å². The fourth-order valence-electron chi connectivity index (χ4n) is 2.69. The molecule has 0 aliphatic heterocycles. The van der Waals surface area contributed by atoms with E-state index < -0.39 is 10.9 Å². The van der Waals surface area contributed by atoms with Crippen molar-refractivity contribution in [2.24, 2.45) is 23.0 Å². The van der Waals surface area contributed by atoms with E-state index in [2.05, 4.69) is 62.6 Å². The Morgan fingerprint density at radius 1 is 1.12 bits per heavy atom. The van der Waals surface area contributed by atoms with Gasteiger partial charge in [0.15, 0.2) is 0 Å². The zero-order chi connectivity index (χ0) is 19.0. The molecule has 0 aliphatic rings. The molecule has 0 spiro atoms. The highest BCUT2D eigenvalue weighted by Gasteiger charge is 2.40. The third-order valence-electron chi connectivity index (χ3n) is 5.01. The highest BCUT2D eigenvalue weighted by atomic mass is 31.0. The monoisotopic (exact) mass is 353 g/mol. The first-order chi connectivity index (χ1) is 10.8. The van der Waals surface area contributed by atoms with E-state index in [1.54, 1.807) is 6.92 Å². The summed E-state index contributed by atoms with van der Waals surface area (Å²) in [6, 6.07) is 0. The molecule has 0 bridgehead atoms. The van der Waals surface area contributed by atoms with Gasteiger partial charge in [-0.1, -0.05) is 58.1 Å². The van der Waals surface area contributed by atoms with E-state index in [-0.39, 0.29) is 5.41 Å². The summed E-state index contributed by atoms with van der Waals surface area (Å²) in [5, 5.41) is 9.04. The maximum Gasteiger partial charge on any atom is 0.0784 e. The SMILES string of the molecule is C=CC(CC/C=C/CC(C)C)C(C)(C)C(C)(N)/C=C\CC(C)(O)P. The summed E-state index contributed by atoms with van der Waals surface area (Å²) in [5.74, 6) is 1.04. The standard InChI is InChI=1S/C21H40NOP/c1-8-18(14-11-9-10-13-17(2)3)19(4,5)20(6,22)15-12-16-21(7,23)24/h8-10,12,15,17-18,23H,1,11,13-14,16,22,24H2,2-7H3/b10-9+,15-12-. The Morgan fingerprint density at radius 3 is 2.17 bits per heavy atom. The van der Waals surface area contributed by atoms with Crippen molar-refractivity contribution in [3.63, 3.8) is 0 Å². The van der Waals surface area contributed by atoms with Gasteiger partial charge in [-0.25, -0.2) is 0 Å². The summed E-state index contributed by atoms with van der Waals surface area (Å²) < 4.78 is 0. The van der Waals surface area contributed by atoms with Crippen LogP contribution in [0.5, 0.6) is 0 Å². The molecule has 0 radical (unpaired) electrons. The van der Waals surface area contributed by atoms with Crippen LogP contribution >= 0.6 is 9.24 Å². The Labute approximate surface area is 152 Å².